The highest BCUT2D eigenvalue weighted by Gasteiger charge is 2.42. The zero-order chi connectivity index (χ0) is 32.2. The standard InChI is InChI=1S/C38H46N3O4.ClH/c1-37(2)28-18-13-15-20-30(28)39(5)32(37)22-10-9-11-23-33-38(3,4)29-19-14-16-21-31(29)40(33)27-17-8-6-7-12-24-36(44)45-41-34(42)25-26-35(41)43;/h9-11,13-16,18-23H,6-8,12,17,24-27H2,1-5H3;1H/q+1;. The zero-order valence-corrected chi connectivity index (χ0v) is 28.6. The first-order valence-corrected chi connectivity index (χ1v) is 16.2. The Bertz CT molecular complexity index is 1580. The number of hydrogen-bond donors (Lipinski definition) is 0. The monoisotopic (exact) mass is 644 g/mol. The first kappa shape index (κ1) is 34.9. The third-order valence-electron chi connectivity index (χ3n) is 9.43. The van der Waals surface area contributed by atoms with E-state index in [-0.39, 0.29) is 42.5 Å². The molecular formula is C38H47ClN3O4+. The molecule has 0 N–H and O–H groups in total. The minimum atomic E-state index is -0.519. The van der Waals surface area contributed by atoms with Crippen molar-refractivity contribution in [1.29, 1.82) is 0 Å². The fourth-order valence-corrected chi connectivity index (χ4v) is 6.92. The number of anilines is 1. The molecule has 0 radical (unpaired) electrons. The highest BCUT2D eigenvalue weighted by molar-refractivity contribution is 6.03. The fourth-order valence-electron chi connectivity index (χ4n) is 6.92. The highest BCUT2D eigenvalue weighted by Crippen LogP contribution is 2.47. The quantitative estimate of drug-likeness (QED) is 0.102. The van der Waals surface area contributed by atoms with Crippen LogP contribution in [0.25, 0.3) is 0 Å². The Labute approximate surface area is 279 Å². The summed E-state index contributed by atoms with van der Waals surface area (Å²) in [6.45, 7) is 10.1. The van der Waals surface area contributed by atoms with Gasteiger partial charge in [0.15, 0.2) is 5.71 Å². The van der Waals surface area contributed by atoms with E-state index in [0.29, 0.717) is 11.5 Å². The van der Waals surface area contributed by atoms with E-state index >= 15 is 0 Å². The number of hydrogen-bond acceptors (Lipinski definition) is 5. The number of carbonyl (C=O) groups is 3. The third-order valence-corrected chi connectivity index (χ3v) is 9.43. The zero-order valence-electron chi connectivity index (χ0n) is 27.8. The van der Waals surface area contributed by atoms with Gasteiger partial charge in [0.05, 0.1) is 5.41 Å². The molecule has 1 fully saturated rings. The number of imide groups is 1. The van der Waals surface area contributed by atoms with E-state index in [1.807, 2.05) is 0 Å². The molecule has 1 saturated heterocycles. The van der Waals surface area contributed by atoms with Crippen molar-refractivity contribution in [2.24, 2.45) is 0 Å². The Balaban J connectivity index is 0.00000480. The van der Waals surface area contributed by atoms with Crippen LogP contribution in [0.2, 0.25) is 0 Å². The molecule has 46 heavy (non-hydrogen) atoms. The summed E-state index contributed by atoms with van der Waals surface area (Å²) in [6.07, 6.45) is 16.0. The van der Waals surface area contributed by atoms with E-state index in [9.17, 15) is 14.4 Å². The average Bonchev–Trinajstić information content (AvgIpc) is 3.52. The van der Waals surface area contributed by atoms with E-state index in [1.54, 1.807) is 0 Å². The normalized spacial score (nSPS) is 19.0. The lowest BCUT2D eigenvalue weighted by molar-refractivity contribution is -0.401. The molecule has 0 bridgehead atoms. The summed E-state index contributed by atoms with van der Waals surface area (Å²) in [6, 6.07) is 17.3. The van der Waals surface area contributed by atoms with Crippen molar-refractivity contribution in [1.82, 2.24) is 5.06 Å². The van der Waals surface area contributed by atoms with E-state index in [1.165, 1.54) is 33.9 Å². The van der Waals surface area contributed by atoms with Crippen LogP contribution in [0.4, 0.5) is 11.4 Å². The van der Waals surface area contributed by atoms with Crippen molar-refractivity contribution in [2.75, 3.05) is 18.5 Å². The molecule has 5 rings (SSSR count). The molecule has 0 atom stereocenters. The molecule has 244 valence electrons. The topological polar surface area (TPSA) is 69.9 Å². The Morgan fingerprint density at radius 3 is 2.17 bits per heavy atom. The number of rotatable bonds is 12. The van der Waals surface area contributed by atoms with Crippen LogP contribution in [0.5, 0.6) is 0 Å². The van der Waals surface area contributed by atoms with Gasteiger partial charge in [0.25, 0.3) is 11.8 Å². The van der Waals surface area contributed by atoms with Crippen LogP contribution in [0.1, 0.15) is 90.2 Å². The van der Waals surface area contributed by atoms with Crippen molar-refractivity contribution in [3.63, 3.8) is 0 Å². The van der Waals surface area contributed by atoms with Crippen LogP contribution in [-0.2, 0) is 30.1 Å². The lowest BCUT2D eigenvalue weighted by atomic mass is 9.81. The van der Waals surface area contributed by atoms with Crippen LogP contribution >= 0.6 is 12.4 Å². The SMILES string of the molecule is C[N+]1=C(C=CC=CC=C2N(CCCCCCCC(=O)ON3C(=O)CCC3=O)c3ccccc3C2(C)C)C(C)(C)c2ccccc21.Cl. The number of para-hydroxylation sites is 2. The van der Waals surface area contributed by atoms with Gasteiger partial charge < -0.3 is 9.74 Å². The van der Waals surface area contributed by atoms with Gasteiger partial charge in [0.1, 0.15) is 7.05 Å². The molecule has 0 aliphatic carbocycles. The molecule has 2 aromatic carbocycles. The number of benzene rings is 2. The van der Waals surface area contributed by atoms with Crippen molar-refractivity contribution in [3.05, 3.63) is 95.7 Å². The van der Waals surface area contributed by atoms with Gasteiger partial charge in [-0.15, -0.1) is 17.5 Å². The number of hydroxylamine groups is 2. The maximum Gasteiger partial charge on any atom is 0.333 e. The summed E-state index contributed by atoms with van der Waals surface area (Å²) in [4.78, 5) is 42.8. The maximum absolute atomic E-state index is 12.1. The predicted molar refractivity (Wildman–Crippen MR) is 186 cm³/mol. The minimum absolute atomic E-state index is 0. The van der Waals surface area contributed by atoms with Crippen molar-refractivity contribution < 1.29 is 23.8 Å². The number of allylic oxidation sites excluding steroid dienone is 6. The molecule has 3 aliphatic heterocycles. The third kappa shape index (κ3) is 7.05. The van der Waals surface area contributed by atoms with Crippen molar-refractivity contribution in [3.8, 4) is 0 Å². The smallest absolute Gasteiger partial charge is 0.333 e. The number of unbranched alkanes of at least 4 members (excludes halogenated alkanes) is 4. The lowest BCUT2D eigenvalue weighted by Gasteiger charge is -2.27. The molecule has 8 heteroatoms. The number of amides is 2. The van der Waals surface area contributed by atoms with Crippen molar-refractivity contribution in [2.45, 2.75) is 89.9 Å². The summed E-state index contributed by atoms with van der Waals surface area (Å²) in [7, 11) is 2.14. The number of fused-ring (bicyclic) bond motifs is 2. The first-order chi connectivity index (χ1) is 21.5. The van der Waals surface area contributed by atoms with E-state index in [4.69, 9.17) is 4.84 Å². The highest BCUT2D eigenvalue weighted by atomic mass is 35.5. The largest absolute Gasteiger partial charge is 0.344 e. The van der Waals surface area contributed by atoms with Gasteiger partial charge in [-0.25, -0.2) is 4.79 Å². The van der Waals surface area contributed by atoms with Gasteiger partial charge >= 0.3 is 5.97 Å². The summed E-state index contributed by atoms with van der Waals surface area (Å²) < 4.78 is 2.29. The second-order valence-electron chi connectivity index (χ2n) is 13.2. The van der Waals surface area contributed by atoms with Gasteiger partial charge in [-0.2, -0.15) is 4.58 Å². The van der Waals surface area contributed by atoms with Crippen LogP contribution in [0, 0.1) is 0 Å². The molecule has 2 amide bonds. The Hall–Kier alpha value is -3.97. The van der Waals surface area contributed by atoms with Crippen LogP contribution in [0.3, 0.4) is 0 Å². The molecule has 0 unspecified atom stereocenters. The number of nitrogens with zero attached hydrogens (tertiary/aromatic N) is 3. The van der Waals surface area contributed by atoms with Crippen LogP contribution in [-0.4, -0.2) is 46.7 Å². The predicted octanol–water partition coefficient (Wildman–Crippen LogP) is 7.86. The Kier molecular flexibility index (Phi) is 11.1. The molecule has 0 aromatic heterocycles. The molecule has 3 aliphatic rings. The van der Waals surface area contributed by atoms with Gasteiger partial charge in [-0.1, -0.05) is 87.7 Å². The molecular weight excluding hydrogens is 598 g/mol. The Morgan fingerprint density at radius 2 is 1.46 bits per heavy atom. The van der Waals surface area contributed by atoms with Gasteiger partial charge in [0, 0.05) is 60.3 Å². The van der Waals surface area contributed by atoms with Crippen LogP contribution in [0.15, 0.2) is 84.6 Å². The molecule has 0 spiro atoms. The number of halogens is 1. The van der Waals surface area contributed by atoms with Gasteiger partial charge in [0.2, 0.25) is 5.69 Å². The average molecular weight is 645 g/mol. The minimum Gasteiger partial charge on any atom is -0.344 e. The second-order valence-corrected chi connectivity index (χ2v) is 13.2. The van der Waals surface area contributed by atoms with E-state index in [2.05, 4.69) is 123 Å². The molecule has 2 aromatic rings. The fraction of sp³-hybridized carbons (Fsp3) is 0.421. The van der Waals surface area contributed by atoms with Gasteiger partial charge in [-0.3, -0.25) is 9.59 Å². The molecule has 0 saturated carbocycles. The first-order valence-electron chi connectivity index (χ1n) is 16.2. The van der Waals surface area contributed by atoms with E-state index in [0.717, 1.165) is 32.2 Å². The molecule has 7 nitrogen and oxygen atoms in total. The molecule has 3 heterocycles. The van der Waals surface area contributed by atoms with Gasteiger partial charge in [-0.05, 0) is 44.4 Å². The summed E-state index contributed by atoms with van der Waals surface area (Å²) in [5.74, 6) is -1.40. The summed E-state index contributed by atoms with van der Waals surface area (Å²) in [5.41, 5.74) is 7.67. The lowest BCUT2D eigenvalue weighted by Crippen LogP contribution is -2.31. The number of carbonyl (C=O) groups excluding carboxylic acids is 3. The van der Waals surface area contributed by atoms with Crippen LogP contribution < -0.4 is 4.90 Å². The van der Waals surface area contributed by atoms with Crippen molar-refractivity contribution >= 4 is 47.3 Å². The second kappa shape index (κ2) is 14.6. The van der Waals surface area contributed by atoms with E-state index < -0.39 is 17.8 Å². The summed E-state index contributed by atoms with van der Waals surface area (Å²) >= 11 is 0. The maximum atomic E-state index is 12.1. The Morgan fingerprint density at radius 1 is 0.826 bits per heavy atom. The summed E-state index contributed by atoms with van der Waals surface area (Å²) in [5, 5.41) is 0.626.